The van der Waals surface area contributed by atoms with E-state index in [4.69, 9.17) is 5.73 Å². The van der Waals surface area contributed by atoms with Crippen molar-refractivity contribution in [1.82, 2.24) is 0 Å². The van der Waals surface area contributed by atoms with Gasteiger partial charge >= 0.3 is 6.18 Å². The molecule has 0 aromatic heterocycles. The predicted molar refractivity (Wildman–Crippen MR) is 48.8 cm³/mol. The van der Waals surface area contributed by atoms with Gasteiger partial charge in [-0.3, -0.25) is 0 Å². The molecule has 0 saturated heterocycles. The largest absolute Gasteiger partial charge is 0.403 e. The summed E-state index contributed by atoms with van der Waals surface area (Å²) in [5.74, 6) is 0. The highest BCUT2D eigenvalue weighted by Gasteiger charge is 2.35. The van der Waals surface area contributed by atoms with Crippen molar-refractivity contribution in [3.05, 3.63) is 35.9 Å². The van der Waals surface area contributed by atoms with Gasteiger partial charge in [-0.25, -0.2) is 0 Å². The lowest BCUT2D eigenvalue weighted by atomic mass is 10.1. The van der Waals surface area contributed by atoms with Crippen LogP contribution in [-0.4, -0.2) is 12.2 Å². The van der Waals surface area contributed by atoms with Gasteiger partial charge in [-0.05, 0) is 18.4 Å². The summed E-state index contributed by atoms with van der Waals surface area (Å²) in [5, 5.41) is 0. The van der Waals surface area contributed by atoms with Crippen molar-refractivity contribution < 1.29 is 13.2 Å². The average Bonchev–Trinajstić information content (AvgIpc) is 2.14. The SMILES string of the molecule is N[C@H](CCc1ccccc1)C(F)(F)F. The molecule has 0 bridgehead atoms. The molecule has 0 saturated carbocycles. The summed E-state index contributed by atoms with van der Waals surface area (Å²) in [4.78, 5) is 0. The summed E-state index contributed by atoms with van der Waals surface area (Å²) < 4.78 is 36.1. The molecule has 1 nitrogen and oxygen atoms in total. The molecule has 0 fully saturated rings. The molecule has 0 aliphatic heterocycles. The van der Waals surface area contributed by atoms with E-state index in [0.29, 0.717) is 6.42 Å². The fourth-order valence-electron chi connectivity index (χ4n) is 1.13. The molecule has 14 heavy (non-hydrogen) atoms. The minimum Gasteiger partial charge on any atom is -0.320 e. The molecule has 1 atom stereocenters. The van der Waals surface area contributed by atoms with Crippen LogP contribution in [0.2, 0.25) is 0 Å². The van der Waals surface area contributed by atoms with Gasteiger partial charge in [-0.2, -0.15) is 13.2 Å². The monoisotopic (exact) mass is 203 g/mol. The van der Waals surface area contributed by atoms with E-state index >= 15 is 0 Å². The van der Waals surface area contributed by atoms with Crippen molar-refractivity contribution in [2.24, 2.45) is 5.73 Å². The number of hydrogen-bond donors (Lipinski definition) is 1. The summed E-state index contributed by atoms with van der Waals surface area (Å²) in [6.45, 7) is 0. The Morgan fingerprint density at radius 2 is 1.71 bits per heavy atom. The number of aryl methyl sites for hydroxylation is 1. The number of rotatable bonds is 3. The first-order valence-corrected chi connectivity index (χ1v) is 4.36. The van der Waals surface area contributed by atoms with Crippen LogP contribution < -0.4 is 5.73 Å². The predicted octanol–water partition coefficient (Wildman–Crippen LogP) is 2.51. The third-order valence-corrected chi connectivity index (χ3v) is 2.01. The zero-order chi connectivity index (χ0) is 10.6. The lowest BCUT2D eigenvalue weighted by Crippen LogP contribution is -2.37. The summed E-state index contributed by atoms with van der Waals surface area (Å²) in [5.41, 5.74) is 5.86. The Kier molecular flexibility index (Phi) is 3.52. The van der Waals surface area contributed by atoms with E-state index in [1.807, 2.05) is 6.07 Å². The topological polar surface area (TPSA) is 26.0 Å². The fourth-order valence-corrected chi connectivity index (χ4v) is 1.13. The van der Waals surface area contributed by atoms with Crippen LogP contribution in [-0.2, 0) is 6.42 Å². The minimum absolute atomic E-state index is 0.0620. The minimum atomic E-state index is -4.28. The smallest absolute Gasteiger partial charge is 0.320 e. The lowest BCUT2D eigenvalue weighted by Gasteiger charge is -2.14. The lowest BCUT2D eigenvalue weighted by molar-refractivity contribution is -0.148. The Balaban J connectivity index is 2.42. The first kappa shape index (κ1) is 11.0. The van der Waals surface area contributed by atoms with E-state index < -0.39 is 12.2 Å². The maximum atomic E-state index is 12.0. The van der Waals surface area contributed by atoms with E-state index in [0.717, 1.165) is 5.56 Å². The van der Waals surface area contributed by atoms with Crippen LogP contribution in [0.5, 0.6) is 0 Å². The molecule has 1 aromatic rings. The molecule has 1 rings (SSSR count). The number of hydrogen-bond acceptors (Lipinski definition) is 1. The normalized spacial score (nSPS) is 14.0. The molecule has 0 aliphatic carbocycles. The van der Waals surface area contributed by atoms with Crippen LogP contribution >= 0.6 is 0 Å². The summed E-state index contributed by atoms with van der Waals surface area (Å²) in [6.07, 6.45) is -3.98. The van der Waals surface area contributed by atoms with Crippen molar-refractivity contribution in [3.8, 4) is 0 Å². The van der Waals surface area contributed by atoms with E-state index in [1.165, 1.54) is 0 Å². The van der Waals surface area contributed by atoms with Gasteiger partial charge in [-0.15, -0.1) is 0 Å². The Labute approximate surface area is 80.7 Å². The van der Waals surface area contributed by atoms with E-state index in [9.17, 15) is 13.2 Å². The van der Waals surface area contributed by atoms with Crippen LogP contribution in [0.4, 0.5) is 13.2 Å². The first-order chi connectivity index (χ1) is 6.50. The zero-order valence-electron chi connectivity index (χ0n) is 7.59. The third-order valence-electron chi connectivity index (χ3n) is 2.01. The number of halogens is 3. The molecule has 2 N–H and O–H groups in total. The zero-order valence-corrected chi connectivity index (χ0v) is 7.59. The maximum Gasteiger partial charge on any atom is 0.403 e. The summed E-state index contributed by atoms with van der Waals surface area (Å²) in [7, 11) is 0. The molecule has 0 amide bonds. The number of benzene rings is 1. The van der Waals surface area contributed by atoms with Gasteiger partial charge < -0.3 is 5.73 Å². The Hall–Kier alpha value is -1.03. The van der Waals surface area contributed by atoms with Crippen LogP contribution in [0.25, 0.3) is 0 Å². The van der Waals surface area contributed by atoms with Gasteiger partial charge in [0.1, 0.15) is 6.04 Å². The molecular formula is C10H12F3N. The molecule has 1 aromatic carbocycles. The van der Waals surface area contributed by atoms with Gasteiger partial charge in [0.05, 0.1) is 0 Å². The molecule has 0 unspecified atom stereocenters. The van der Waals surface area contributed by atoms with E-state index in [1.54, 1.807) is 24.3 Å². The fraction of sp³-hybridized carbons (Fsp3) is 0.400. The Morgan fingerprint density at radius 3 is 2.21 bits per heavy atom. The van der Waals surface area contributed by atoms with Crippen LogP contribution in [0, 0.1) is 0 Å². The van der Waals surface area contributed by atoms with Crippen molar-refractivity contribution in [2.45, 2.75) is 25.1 Å². The third kappa shape index (κ3) is 3.38. The maximum absolute atomic E-state index is 12.0. The highest BCUT2D eigenvalue weighted by molar-refractivity contribution is 5.14. The van der Waals surface area contributed by atoms with Gasteiger partial charge in [0, 0.05) is 0 Å². The quantitative estimate of drug-likeness (QED) is 0.802. The molecule has 0 heterocycles. The summed E-state index contributed by atoms with van der Waals surface area (Å²) >= 11 is 0. The van der Waals surface area contributed by atoms with Crippen molar-refractivity contribution in [2.75, 3.05) is 0 Å². The molecule has 78 valence electrons. The highest BCUT2D eigenvalue weighted by Crippen LogP contribution is 2.21. The summed E-state index contributed by atoms with van der Waals surface area (Å²) in [6, 6.07) is 7.30. The standard InChI is InChI=1S/C10H12F3N/c11-10(12,13)9(14)7-6-8-4-2-1-3-5-8/h1-5,9H,6-7,14H2/t9-/m1/s1. The van der Waals surface area contributed by atoms with Gasteiger partial charge in [0.25, 0.3) is 0 Å². The Bertz CT molecular complexity index is 268. The second-order valence-corrected chi connectivity index (χ2v) is 3.17. The van der Waals surface area contributed by atoms with E-state index in [2.05, 4.69) is 0 Å². The first-order valence-electron chi connectivity index (χ1n) is 4.36. The van der Waals surface area contributed by atoms with Crippen LogP contribution in [0.1, 0.15) is 12.0 Å². The second kappa shape index (κ2) is 4.46. The molecule has 0 aliphatic rings. The van der Waals surface area contributed by atoms with Gasteiger partial charge in [0.15, 0.2) is 0 Å². The average molecular weight is 203 g/mol. The number of nitrogens with two attached hydrogens (primary N) is 1. The highest BCUT2D eigenvalue weighted by atomic mass is 19.4. The van der Waals surface area contributed by atoms with Crippen LogP contribution in [0.15, 0.2) is 30.3 Å². The van der Waals surface area contributed by atoms with Crippen molar-refractivity contribution in [3.63, 3.8) is 0 Å². The van der Waals surface area contributed by atoms with Crippen molar-refractivity contribution >= 4 is 0 Å². The Morgan fingerprint density at radius 1 is 1.14 bits per heavy atom. The van der Waals surface area contributed by atoms with Crippen molar-refractivity contribution in [1.29, 1.82) is 0 Å². The number of alkyl halides is 3. The second-order valence-electron chi connectivity index (χ2n) is 3.17. The van der Waals surface area contributed by atoms with Gasteiger partial charge in [-0.1, -0.05) is 30.3 Å². The molecule has 0 radical (unpaired) electrons. The molecular weight excluding hydrogens is 191 g/mol. The van der Waals surface area contributed by atoms with Gasteiger partial charge in [0.2, 0.25) is 0 Å². The molecule has 0 spiro atoms. The van der Waals surface area contributed by atoms with E-state index in [-0.39, 0.29) is 6.42 Å². The van der Waals surface area contributed by atoms with Crippen LogP contribution in [0.3, 0.4) is 0 Å². The molecule has 4 heteroatoms.